The van der Waals surface area contributed by atoms with Gasteiger partial charge in [-0.05, 0) is 25.2 Å². The van der Waals surface area contributed by atoms with Crippen molar-refractivity contribution in [2.75, 3.05) is 0 Å². The van der Waals surface area contributed by atoms with E-state index < -0.39 is 5.97 Å². The molecule has 0 saturated carbocycles. The van der Waals surface area contributed by atoms with E-state index in [1.54, 1.807) is 12.2 Å². The highest BCUT2D eigenvalue weighted by molar-refractivity contribution is 5.80. The highest BCUT2D eigenvalue weighted by atomic mass is 16.4. The first kappa shape index (κ1) is 9.78. The molecule has 1 aliphatic carbocycles. The Bertz CT molecular complexity index is 249. The maximum absolute atomic E-state index is 10.1. The minimum atomic E-state index is -0.899. The normalized spacial score (nSPS) is 22.9. The third-order valence-electron chi connectivity index (χ3n) is 2.00. The average molecular weight is 178 g/mol. The molecular weight excluding hydrogens is 164 g/mol. The Morgan fingerprint density at radius 2 is 2.31 bits per heavy atom. The van der Waals surface area contributed by atoms with Crippen LogP contribution < -0.4 is 0 Å². The van der Waals surface area contributed by atoms with Crippen LogP contribution >= 0.6 is 0 Å². The summed E-state index contributed by atoms with van der Waals surface area (Å²) in [5.41, 5.74) is 0. The maximum Gasteiger partial charge on any atom is 0.328 e. The lowest BCUT2D eigenvalue weighted by Gasteiger charge is -2.10. The van der Waals surface area contributed by atoms with Crippen molar-refractivity contribution in [2.24, 2.45) is 5.92 Å². The predicted octanol–water partition coefficient (Wildman–Crippen LogP) is 2.54. The molecule has 2 heteroatoms. The van der Waals surface area contributed by atoms with E-state index in [9.17, 15) is 4.79 Å². The van der Waals surface area contributed by atoms with Gasteiger partial charge in [0, 0.05) is 6.08 Å². The van der Waals surface area contributed by atoms with Crippen LogP contribution in [0.2, 0.25) is 0 Å². The third kappa shape index (κ3) is 4.31. The second kappa shape index (κ2) is 5.36. The zero-order valence-electron chi connectivity index (χ0n) is 7.52. The summed E-state index contributed by atoms with van der Waals surface area (Å²) in [6.07, 6.45) is 14.5. The Morgan fingerprint density at radius 1 is 1.46 bits per heavy atom. The summed E-state index contributed by atoms with van der Waals surface area (Å²) in [7, 11) is 0. The van der Waals surface area contributed by atoms with E-state index in [0.29, 0.717) is 5.92 Å². The highest BCUT2D eigenvalue weighted by Gasteiger charge is 2.02. The molecule has 0 fully saturated rings. The van der Waals surface area contributed by atoms with Gasteiger partial charge < -0.3 is 5.11 Å². The summed E-state index contributed by atoms with van der Waals surface area (Å²) in [5, 5.41) is 8.32. The fourth-order valence-corrected chi connectivity index (χ4v) is 1.34. The molecule has 2 nitrogen and oxygen atoms in total. The summed E-state index contributed by atoms with van der Waals surface area (Å²) < 4.78 is 0. The number of carboxylic acid groups (broad SMARTS) is 1. The quantitative estimate of drug-likeness (QED) is 0.409. The summed E-state index contributed by atoms with van der Waals surface area (Å²) >= 11 is 0. The fraction of sp³-hybridized carbons (Fsp3) is 0.364. The van der Waals surface area contributed by atoms with Gasteiger partial charge in [-0.15, -0.1) is 0 Å². The van der Waals surface area contributed by atoms with Crippen molar-refractivity contribution in [1.82, 2.24) is 0 Å². The Labute approximate surface area is 78.3 Å². The number of aliphatic carboxylic acids is 1. The topological polar surface area (TPSA) is 37.3 Å². The molecule has 0 amide bonds. The van der Waals surface area contributed by atoms with E-state index >= 15 is 0 Å². The molecular formula is C11H14O2. The van der Waals surface area contributed by atoms with Gasteiger partial charge in [0.2, 0.25) is 0 Å². The molecule has 0 aromatic heterocycles. The van der Waals surface area contributed by atoms with Gasteiger partial charge in [-0.2, -0.15) is 0 Å². The zero-order chi connectivity index (χ0) is 9.52. The Kier molecular flexibility index (Phi) is 4.03. The van der Waals surface area contributed by atoms with Gasteiger partial charge in [0.25, 0.3) is 0 Å². The van der Waals surface area contributed by atoms with Crippen LogP contribution in [0.25, 0.3) is 0 Å². The first-order valence-electron chi connectivity index (χ1n) is 4.53. The molecule has 1 N–H and O–H groups in total. The van der Waals surface area contributed by atoms with Crippen molar-refractivity contribution in [3.8, 4) is 0 Å². The Balaban J connectivity index is 2.34. The van der Waals surface area contributed by atoms with Gasteiger partial charge >= 0.3 is 5.97 Å². The van der Waals surface area contributed by atoms with Crippen molar-refractivity contribution in [3.63, 3.8) is 0 Å². The number of carboxylic acids is 1. The van der Waals surface area contributed by atoms with Crippen molar-refractivity contribution in [1.29, 1.82) is 0 Å². The van der Waals surface area contributed by atoms with Crippen LogP contribution in [0.5, 0.6) is 0 Å². The van der Waals surface area contributed by atoms with Crippen LogP contribution in [0, 0.1) is 5.92 Å². The lowest BCUT2D eigenvalue weighted by Crippen LogP contribution is -1.95. The van der Waals surface area contributed by atoms with E-state index in [0.717, 1.165) is 6.08 Å². The first-order valence-corrected chi connectivity index (χ1v) is 4.53. The number of allylic oxidation sites excluding steroid dienone is 5. The molecule has 0 aromatic rings. The van der Waals surface area contributed by atoms with Crippen LogP contribution in [0.4, 0.5) is 0 Å². The first-order chi connectivity index (χ1) is 6.29. The monoisotopic (exact) mass is 178 g/mol. The number of hydrogen-bond acceptors (Lipinski definition) is 1. The molecule has 0 saturated heterocycles. The number of hydrogen-bond donors (Lipinski definition) is 1. The van der Waals surface area contributed by atoms with Crippen LogP contribution in [-0.2, 0) is 4.79 Å². The molecule has 0 spiro atoms. The molecule has 0 radical (unpaired) electrons. The van der Waals surface area contributed by atoms with Crippen LogP contribution in [0.1, 0.15) is 19.3 Å². The Morgan fingerprint density at radius 3 is 2.92 bits per heavy atom. The summed E-state index contributed by atoms with van der Waals surface area (Å²) in [4.78, 5) is 10.1. The van der Waals surface area contributed by atoms with E-state index in [1.807, 2.05) is 6.08 Å². The molecule has 0 aromatic carbocycles. The molecule has 0 aliphatic heterocycles. The molecule has 0 heterocycles. The molecule has 1 atom stereocenters. The second-order valence-electron chi connectivity index (χ2n) is 3.11. The minimum absolute atomic E-state index is 0.493. The second-order valence-corrected chi connectivity index (χ2v) is 3.11. The fourth-order valence-electron chi connectivity index (χ4n) is 1.34. The van der Waals surface area contributed by atoms with Gasteiger partial charge in [-0.1, -0.05) is 30.4 Å². The molecule has 70 valence electrons. The summed E-state index contributed by atoms with van der Waals surface area (Å²) in [5.74, 6) is -0.406. The Hall–Kier alpha value is -1.31. The van der Waals surface area contributed by atoms with Crippen molar-refractivity contribution in [2.45, 2.75) is 19.3 Å². The average Bonchev–Trinajstić information content (AvgIpc) is 2.14. The highest BCUT2D eigenvalue weighted by Crippen LogP contribution is 2.17. The molecule has 1 unspecified atom stereocenters. The van der Waals surface area contributed by atoms with E-state index in [-0.39, 0.29) is 0 Å². The van der Waals surface area contributed by atoms with Crippen molar-refractivity contribution < 1.29 is 9.90 Å². The summed E-state index contributed by atoms with van der Waals surface area (Å²) in [6, 6.07) is 0. The summed E-state index contributed by atoms with van der Waals surface area (Å²) in [6.45, 7) is 0. The smallest absolute Gasteiger partial charge is 0.328 e. The van der Waals surface area contributed by atoms with Crippen molar-refractivity contribution >= 4 is 5.97 Å². The number of carbonyl (C=O) groups is 1. The molecule has 13 heavy (non-hydrogen) atoms. The molecule has 1 aliphatic rings. The molecule has 1 rings (SSSR count). The van der Waals surface area contributed by atoms with E-state index in [4.69, 9.17) is 5.11 Å². The minimum Gasteiger partial charge on any atom is -0.478 e. The van der Waals surface area contributed by atoms with E-state index in [2.05, 4.69) is 12.2 Å². The van der Waals surface area contributed by atoms with Crippen LogP contribution in [0.15, 0.2) is 36.5 Å². The lowest BCUT2D eigenvalue weighted by molar-refractivity contribution is -0.131. The largest absolute Gasteiger partial charge is 0.478 e. The maximum atomic E-state index is 10.1. The molecule has 0 bridgehead atoms. The van der Waals surface area contributed by atoms with Gasteiger partial charge in [0.1, 0.15) is 0 Å². The van der Waals surface area contributed by atoms with Gasteiger partial charge in [-0.3, -0.25) is 0 Å². The van der Waals surface area contributed by atoms with Crippen molar-refractivity contribution in [3.05, 3.63) is 36.5 Å². The van der Waals surface area contributed by atoms with Gasteiger partial charge in [0.05, 0.1) is 0 Å². The third-order valence-corrected chi connectivity index (χ3v) is 2.00. The zero-order valence-corrected chi connectivity index (χ0v) is 7.52. The van der Waals surface area contributed by atoms with E-state index in [1.165, 1.54) is 19.3 Å². The van der Waals surface area contributed by atoms with Gasteiger partial charge in [-0.25, -0.2) is 4.79 Å². The SMILES string of the molecule is O=C(O)/C=C/C=C/C1C=CCCC1. The lowest BCUT2D eigenvalue weighted by atomic mass is 9.96. The predicted molar refractivity (Wildman–Crippen MR) is 52.4 cm³/mol. The van der Waals surface area contributed by atoms with Crippen LogP contribution in [-0.4, -0.2) is 11.1 Å². The van der Waals surface area contributed by atoms with Gasteiger partial charge in [0.15, 0.2) is 0 Å². The standard InChI is InChI=1S/C11H14O2/c12-11(13)9-5-4-8-10-6-2-1-3-7-10/h2,4-6,8-10H,1,3,7H2,(H,12,13)/b8-4+,9-5+. The number of rotatable bonds is 3. The van der Waals surface area contributed by atoms with Crippen LogP contribution in [0.3, 0.4) is 0 Å².